The molecule has 0 radical (unpaired) electrons. The number of rotatable bonds is 2. The van der Waals surface area contributed by atoms with Crippen molar-refractivity contribution < 1.29 is 9.53 Å². The van der Waals surface area contributed by atoms with E-state index in [1.165, 1.54) is 0 Å². The molecule has 0 saturated heterocycles. The van der Waals surface area contributed by atoms with Crippen LogP contribution in [0.5, 0.6) is 0 Å². The van der Waals surface area contributed by atoms with Crippen molar-refractivity contribution in [2.75, 3.05) is 6.61 Å². The molecule has 1 aromatic rings. The molecule has 0 saturated carbocycles. The molecule has 1 aliphatic rings. The average Bonchev–Trinajstić information content (AvgIpc) is 2.60. The van der Waals surface area contributed by atoms with Crippen LogP contribution in [0.3, 0.4) is 0 Å². The van der Waals surface area contributed by atoms with Gasteiger partial charge in [0.15, 0.2) is 0 Å². The fourth-order valence-electron chi connectivity index (χ4n) is 1.53. The molecule has 0 aromatic carbocycles. The highest BCUT2D eigenvalue weighted by atomic mass is 79.9. The Kier molecular flexibility index (Phi) is 2.86. The summed E-state index contributed by atoms with van der Waals surface area (Å²) in [6, 6.07) is 3.84. The summed E-state index contributed by atoms with van der Waals surface area (Å²) < 4.78 is 5.72. The number of hydrogen-bond donors (Lipinski definition) is 0. The molecule has 0 unspecified atom stereocenters. The standard InChI is InChI=1S/C11H10BrNO2/c1-2-15-11(14)8-5-7-3-4-10(12)13-9(7)6-8/h3-4,6H,2,5H2,1H3. The summed E-state index contributed by atoms with van der Waals surface area (Å²) in [6.07, 6.45) is 2.41. The van der Waals surface area contributed by atoms with E-state index < -0.39 is 0 Å². The largest absolute Gasteiger partial charge is 0.463 e. The van der Waals surface area contributed by atoms with Gasteiger partial charge in [0, 0.05) is 12.0 Å². The SMILES string of the molecule is CCOC(=O)C1=Cc2nc(Br)ccc2C1. The van der Waals surface area contributed by atoms with E-state index in [-0.39, 0.29) is 5.97 Å². The lowest BCUT2D eigenvalue weighted by Gasteiger charge is -2.00. The summed E-state index contributed by atoms with van der Waals surface area (Å²) >= 11 is 3.30. The zero-order chi connectivity index (χ0) is 10.8. The summed E-state index contributed by atoms with van der Waals surface area (Å²) in [4.78, 5) is 15.7. The first-order valence-corrected chi connectivity index (χ1v) is 5.53. The van der Waals surface area contributed by atoms with Crippen molar-refractivity contribution in [1.82, 2.24) is 4.98 Å². The molecule has 0 atom stereocenters. The van der Waals surface area contributed by atoms with Gasteiger partial charge in [-0.1, -0.05) is 6.07 Å². The Morgan fingerprint density at radius 2 is 2.40 bits per heavy atom. The number of carbonyl (C=O) groups excluding carboxylic acids is 1. The van der Waals surface area contributed by atoms with Crippen molar-refractivity contribution in [3.05, 3.63) is 33.6 Å². The van der Waals surface area contributed by atoms with Gasteiger partial charge in [0.1, 0.15) is 4.60 Å². The van der Waals surface area contributed by atoms with Gasteiger partial charge in [0.2, 0.25) is 0 Å². The number of fused-ring (bicyclic) bond motifs is 1. The summed E-state index contributed by atoms with van der Waals surface area (Å²) in [5, 5.41) is 0. The first-order valence-electron chi connectivity index (χ1n) is 4.74. The lowest BCUT2D eigenvalue weighted by molar-refractivity contribution is -0.138. The maximum Gasteiger partial charge on any atom is 0.334 e. The first kappa shape index (κ1) is 10.4. The Hall–Kier alpha value is -1.16. The monoisotopic (exact) mass is 267 g/mol. The number of aromatic nitrogens is 1. The number of nitrogens with zero attached hydrogens (tertiary/aromatic N) is 1. The highest BCUT2D eigenvalue weighted by Gasteiger charge is 2.20. The molecule has 1 aromatic heterocycles. The van der Waals surface area contributed by atoms with Crippen molar-refractivity contribution in [3.63, 3.8) is 0 Å². The van der Waals surface area contributed by atoms with Gasteiger partial charge in [-0.25, -0.2) is 9.78 Å². The summed E-state index contributed by atoms with van der Waals surface area (Å²) in [5.41, 5.74) is 2.60. The fourth-order valence-corrected chi connectivity index (χ4v) is 1.85. The zero-order valence-corrected chi connectivity index (χ0v) is 9.87. The molecule has 15 heavy (non-hydrogen) atoms. The van der Waals surface area contributed by atoms with Crippen LogP contribution in [0.4, 0.5) is 0 Å². The number of esters is 1. The van der Waals surface area contributed by atoms with Crippen LogP contribution in [0.1, 0.15) is 18.2 Å². The van der Waals surface area contributed by atoms with E-state index in [2.05, 4.69) is 20.9 Å². The number of ether oxygens (including phenoxy) is 1. The Bertz CT molecular complexity index is 440. The lowest BCUT2D eigenvalue weighted by Crippen LogP contribution is -2.07. The van der Waals surface area contributed by atoms with E-state index >= 15 is 0 Å². The number of carbonyl (C=O) groups is 1. The molecule has 0 spiro atoms. The normalized spacial score (nSPS) is 13.3. The van der Waals surface area contributed by atoms with Crippen molar-refractivity contribution >= 4 is 28.0 Å². The molecule has 1 heterocycles. The van der Waals surface area contributed by atoms with E-state index in [4.69, 9.17) is 4.74 Å². The minimum Gasteiger partial charge on any atom is -0.463 e. The van der Waals surface area contributed by atoms with Crippen molar-refractivity contribution in [1.29, 1.82) is 0 Å². The molecule has 78 valence electrons. The van der Waals surface area contributed by atoms with Gasteiger partial charge in [0.05, 0.1) is 12.3 Å². The summed E-state index contributed by atoms with van der Waals surface area (Å²) in [5.74, 6) is -0.244. The van der Waals surface area contributed by atoms with E-state index in [1.54, 1.807) is 13.0 Å². The van der Waals surface area contributed by atoms with Gasteiger partial charge in [-0.2, -0.15) is 0 Å². The van der Waals surface area contributed by atoms with Crippen LogP contribution < -0.4 is 0 Å². The smallest absolute Gasteiger partial charge is 0.334 e. The summed E-state index contributed by atoms with van der Waals surface area (Å²) in [7, 11) is 0. The highest BCUT2D eigenvalue weighted by Crippen LogP contribution is 2.25. The van der Waals surface area contributed by atoms with Crippen molar-refractivity contribution in [3.8, 4) is 0 Å². The zero-order valence-electron chi connectivity index (χ0n) is 8.29. The molecular formula is C11H10BrNO2. The molecule has 0 bridgehead atoms. The maximum absolute atomic E-state index is 11.5. The van der Waals surface area contributed by atoms with Crippen LogP contribution in [-0.2, 0) is 16.0 Å². The summed E-state index contributed by atoms with van der Waals surface area (Å²) in [6.45, 7) is 2.21. The van der Waals surface area contributed by atoms with Crippen molar-refractivity contribution in [2.45, 2.75) is 13.3 Å². The van der Waals surface area contributed by atoms with Gasteiger partial charge in [-0.15, -0.1) is 0 Å². The maximum atomic E-state index is 11.5. The van der Waals surface area contributed by atoms with Crippen LogP contribution >= 0.6 is 15.9 Å². The predicted molar refractivity (Wildman–Crippen MR) is 60.3 cm³/mol. The molecule has 2 rings (SSSR count). The van der Waals surface area contributed by atoms with Gasteiger partial charge in [-0.3, -0.25) is 0 Å². The second-order valence-electron chi connectivity index (χ2n) is 3.25. The van der Waals surface area contributed by atoms with E-state index in [9.17, 15) is 4.79 Å². The minimum absolute atomic E-state index is 0.244. The molecule has 0 N–H and O–H groups in total. The van der Waals surface area contributed by atoms with Gasteiger partial charge in [-0.05, 0) is 40.6 Å². The van der Waals surface area contributed by atoms with E-state index in [1.807, 2.05) is 12.1 Å². The van der Waals surface area contributed by atoms with E-state index in [0.717, 1.165) is 15.9 Å². The van der Waals surface area contributed by atoms with Gasteiger partial charge in [0.25, 0.3) is 0 Å². The Balaban J connectivity index is 2.23. The minimum atomic E-state index is -0.244. The van der Waals surface area contributed by atoms with Crippen LogP contribution in [0.2, 0.25) is 0 Å². The van der Waals surface area contributed by atoms with E-state index in [0.29, 0.717) is 18.6 Å². The Morgan fingerprint density at radius 3 is 3.13 bits per heavy atom. The molecular weight excluding hydrogens is 258 g/mol. The third kappa shape index (κ3) is 2.09. The molecule has 0 amide bonds. The van der Waals surface area contributed by atoms with Gasteiger partial charge >= 0.3 is 5.97 Å². The average molecular weight is 268 g/mol. The van der Waals surface area contributed by atoms with Crippen LogP contribution in [-0.4, -0.2) is 17.6 Å². The first-order chi connectivity index (χ1) is 7.20. The number of hydrogen-bond acceptors (Lipinski definition) is 3. The van der Waals surface area contributed by atoms with Crippen molar-refractivity contribution in [2.24, 2.45) is 0 Å². The fraction of sp³-hybridized carbons (Fsp3) is 0.273. The quantitative estimate of drug-likeness (QED) is 0.610. The Labute approximate surface area is 96.3 Å². The Morgan fingerprint density at radius 1 is 1.60 bits per heavy atom. The van der Waals surface area contributed by atoms with Crippen LogP contribution in [0.15, 0.2) is 22.3 Å². The second kappa shape index (κ2) is 4.14. The molecule has 1 aliphatic carbocycles. The topological polar surface area (TPSA) is 39.2 Å². The lowest BCUT2D eigenvalue weighted by atomic mass is 10.2. The van der Waals surface area contributed by atoms with Gasteiger partial charge < -0.3 is 4.74 Å². The molecule has 0 fully saturated rings. The molecule has 3 nitrogen and oxygen atoms in total. The predicted octanol–water partition coefficient (Wildman–Crippen LogP) is 2.35. The second-order valence-corrected chi connectivity index (χ2v) is 4.06. The molecule has 0 aliphatic heterocycles. The number of pyridine rings is 1. The van der Waals surface area contributed by atoms with Crippen LogP contribution in [0.25, 0.3) is 6.08 Å². The van der Waals surface area contributed by atoms with Crippen LogP contribution in [0, 0.1) is 0 Å². The highest BCUT2D eigenvalue weighted by molar-refractivity contribution is 9.10. The third-order valence-electron chi connectivity index (χ3n) is 2.21. The number of halogens is 1. The third-order valence-corrected chi connectivity index (χ3v) is 2.65. The molecule has 4 heteroatoms.